The summed E-state index contributed by atoms with van der Waals surface area (Å²) in [6.07, 6.45) is 0.725. The third kappa shape index (κ3) is 5.13. The maximum atomic E-state index is 10.4. The molecule has 0 radical (unpaired) electrons. The number of hydrogen-bond donors (Lipinski definition) is 2. The number of anilines is 1. The minimum Gasteiger partial charge on any atom is -0.481 e. The summed E-state index contributed by atoms with van der Waals surface area (Å²) in [4.78, 5) is 22.0. The Bertz CT molecular complexity index is 416. The Morgan fingerprint density at radius 3 is 2.83 bits per heavy atom. The van der Waals surface area contributed by atoms with E-state index in [1.165, 1.54) is 7.11 Å². The van der Waals surface area contributed by atoms with Gasteiger partial charge in [-0.25, -0.2) is 0 Å². The van der Waals surface area contributed by atoms with Crippen molar-refractivity contribution >= 4 is 23.5 Å². The van der Waals surface area contributed by atoms with Crippen molar-refractivity contribution in [2.24, 2.45) is 5.92 Å². The van der Waals surface area contributed by atoms with E-state index in [0.717, 1.165) is 0 Å². The van der Waals surface area contributed by atoms with Gasteiger partial charge in [-0.2, -0.15) is 15.0 Å². The molecule has 1 heterocycles. The SMILES string of the molecule is COc1nc(Cl)nc(NCC(C)CCC(=O)O)n1. The van der Waals surface area contributed by atoms with Gasteiger partial charge < -0.3 is 15.2 Å². The number of ether oxygens (including phenoxy) is 1. The van der Waals surface area contributed by atoms with Crippen LogP contribution in [-0.2, 0) is 4.79 Å². The molecule has 1 aromatic rings. The molecule has 1 unspecified atom stereocenters. The molecule has 1 atom stereocenters. The Hall–Kier alpha value is -1.63. The molecule has 2 N–H and O–H groups in total. The average molecular weight is 275 g/mol. The summed E-state index contributed by atoms with van der Waals surface area (Å²) in [6.45, 7) is 2.49. The Balaban J connectivity index is 2.47. The fourth-order valence-electron chi connectivity index (χ4n) is 1.24. The average Bonchev–Trinajstić information content (AvgIpc) is 2.33. The number of halogens is 1. The third-order valence-corrected chi connectivity index (χ3v) is 2.40. The maximum Gasteiger partial charge on any atom is 0.322 e. The summed E-state index contributed by atoms with van der Waals surface area (Å²) in [5.41, 5.74) is 0. The van der Waals surface area contributed by atoms with E-state index >= 15 is 0 Å². The van der Waals surface area contributed by atoms with E-state index in [0.29, 0.717) is 18.9 Å². The molecule has 0 aliphatic rings. The molecule has 1 aromatic heterocycles. The van der Waals surface area contributed by atoms with Gasteiger partial charge in [0, 0.05) is 13.0 Å². The quantitative estimate of drug-likeness (QED) is 0.776. The molecule has 0 aliphatic carbocycles. The third-order valence-electron chi connectivity index (χ3n) is 2.23. The van der Waals surface area contributed by atoms with Gasteiger partial charge in [0.05, 0.1) is 7.11 Å². The van der Waals surface area contributed by atoms with Crippen molar-refractivity contribution in [2.45, 2.75) is 19.8 Å². The number of hydrogen-bond acceptors (Lipinski definition) is 6. The van der Waals surface area contributed by atoms with Crippen LogP contribution >= 0.6 is 11.6 Å². The van der Waals surface area contributed by atoms with Gasteiger partial charge in [0.2, 0.25) is 11.2 Å². The van der Waals surface area contributed by atoms with Crippen molar-refractivity contribution in [3.05, 3.63) is 5.28 Å². The molecule has 0 amide bonds. The Kier molecular flexibility index (Phi) is 5.57. The van der Waals surface area contributed by atoms with E-state index in [-0.39, 0.29) is 23.6 Å². The zero-order valence-electron chi connectivity index (χ0n) is 10.2. The Morgan fingerprint density at radius 2 is 2.22 bits per heavy atom. The lowest BCUT2D eigenvalue weighted by molar-refractivity contribution is -0.137. The number of rotatable bonds is 7. The van der Waals surface area contributed by atoms with Gasteiger partial charge in [0.25, 0.3) is 0 Å². The Labute approximate surface area is 110 Å². The monoisotopic (exact) mass is 274 g/mol. The molecule has 1 rings (SSSR count). The first-order valence-electron chi connectivity index (χ1n) is 5.42. The Morgan fingerprint density at radius 1 is 1.50 bits per heavy atom. The number of nitrogens with one attached hydrogen (secondary N) is 1. The van der Waals surface area contributed by atoms with Crippen LogP contribution in [0.5, 0.6) is 6.01 Å². The van der Waals surface area contributed by atoms with Crippen molar-refractivity contribution in [3.63, 3.8) is 0 Å². The molecule has 0 spiro atoms. The van der Waals surface area contributed by atoms with Gasteiger partial charge in [-0.05, 0) is 23.9 Å². The molecule has 100 valence electrons. The second kappa shape index (κ2) is 6.95. The number of aliphatic carboxylic acids is 1. The molecule has 8 heteroatoms. The first-order chi connectivity index (χ1) is 8.51. The lowest BCUT2D eigenvalue weighted by Crippen LogP contribution is -2.15. The van der Waals surface area contributed by atoms with Crippen molar-refractivity contribution in [3.8, 4) is 6.01 Å². The van der Waals surface area contributed by atoms with E-state index in [1.807, 2.05) is 6.92 Å². The molecule has 0 fully saturated rings. The number of carboxylic acid groups (broad SMARTS) is 1. The van der Waals surface area contributed by atoms with Crippen LogP contribution in [0.1, 0.15) is 19.8 Å². The van der Waals surface area contributed by atoms with E-state index in [9.17, 15) is 4.79 Å². The normalized spacial score (nSPS) is 11.9. The molecule has 0 saturated carbocycles. The van der Waals surface area contributed by atoms with Crippen LogP contribution in [0.4, 0.5) is 5.95 Å². The van der Waals surface area contributed by atoms with Crippen LogP contribution in [0.15, 0.2) is 0 Å². The first-order valence-corrected chi connectivity index (χ1v) is 5.80. The summed E-state index contributed by atoms with van der Waals surface area (Å²) in [6, 6.07) is 0.135. The maximum absolute atomic E-state index is 10.4. The lowest BCUT2D eigenvalue weighted by atomic mass is 10.1. The molecular weight excluding hydrogens is 260 g/mol. The predicted octanol–water partition coefficient (Wildman–Crippen LogP) is 1.45. The summed E-state index contributed by atoms with van der Waals surface area (Å²) < 4.78 is 4.86. The highest BCUT2D eigenvalue weighted by Crippen LogP contribution is 2.12. The lowest BCUT2D eigenvalue weighted by Gasteiger charge is -2.11. The van der Waals surface area contributed by atoms with E-state index in [4.69, 9.17) is 21.4 Å². The van der Waals surface area contributed by atoms with Crippen molar-refractivity contribution in [2.75, 3.05) is 19.0 Å². The molecule has 0 saturated heterocycles. The highest BCUT2D eigenvalue weighted by molar-refractivity contribution is 6.28. The summed E-state index contributed by atoms with van der Waals surface area (Å²) in [5.74, 6) is -0.302. The van der Waals surface area contributed by atoms with Crippen molar-refractivity contribution in [1.82, 2.24) is 15.0 Å². The van der Waals surface area contributed by atoms with E-state index in [1.54, 1.807) is 0 Å². The zero-order chi connectivity index (χ0) is 13.5. The molecule has 0 aromatic carbocycles. The van der Waals surface area contributed by atoms with Crippen LogP contribution in [0.3, 0.4) is 0 Å². The highest BCUT2D eigenvalue weighted by atomic mass is 35.5. The molecule has 0 bridgehead atoms. The molecule has 7 nitrogen and oxygen atoms in total. The second-order valence-corrected chi connectivity index (χ2v) is 4.17. The van der Waals surface area contributed by atoms with Crippen LogP contribution in [0.25, 0.3) is 0 Å². The van der Waals surface area contributed by atoms with E-state index in [2.05, 4.69) is 20.3 Å². The zero-order valence-corrected chi connectivity index (χ0v) is 10.9. The van der Waals surface area contributed by atoms with Gasteiger partial charge in [0.1, 0.15) is 0 Å². The van der Waals surface area contributed by atoms with Gasteiger partial charge in [-0.3, -0.25) is 4.79 Å². The van der Waals surface area contributed by atoms with Crippen LogP contribution < -0.4 is 10.1 Å². The van der Waals surface area contributed by atoms with Crippen molar-refractivity contribution in [1.29, 1.82) is 0 Å². The summed E-state index contributed by atoms with van der Waals surface area (Å²) in [7, 11) is 1.44. The first kappa shape index (κ1) is 14.4. The number of aromatic nitrogens is 3. The fraction of sp³-hybridized carbons (Fsp3) is 0.600. The number of carboxylic acids is 1. The number of carbonyl (C=O) groups is 1. The smallest absolute Gasteiger partial charge is 0.322 e. The van der Waals surface area contributed by atoms with Gasteiger partial charge in [0.15, 0.2) is 0 Å². The van der Waals surface area contributed by atoms with Crippen LogP contribution in [0.2, 0.25) is 5.28 Å². The van der Waals surface area contributed by atoms with E-state index < -0.39 is 5.97 Å². The van der Waals surface area contributed by atoms with Gasteiger partial charge in [-0.1, -0.05) is 6.92 Å². The minimum absolute atomic E-state index is 0.0440. The van der Waals surface area contributed by atoms with Crippen LogP contribution in [0, 0.1) is 5.92 Å². The van der Waals surface area contributed by atoms with Crippen LogP contribution in [-0.4, -0.2) is 39.7 Å². The molecule has 0 aliphatic heterocycles. The van der Waals surface area contributed by atoms with Gasteiger partial charge in [-0.15, -0.1) is 0 Å². The molecule has 18 heavy (non-hydrogen) atoms. The minimum atomic E-state index is -0.799. The fourth-order valence-corrected chi connectivity index (χ4v) is 1.39. The predicted molar refractivity (Wildman–Crippen MR) is 65.9 cm³/mol. The van der Waals surface area contributed by atoms with Gasteiger partial charge >= 0.3 is 12.0 Å². The summed E-state index contributed by atoms with van der Waals surface area (Å²) in [5, 5.41) is 11.6. The standard InChI is InChI=1S/C10H15ClN4O3/c1-6(3-4-7(16)17)5-12-9-13-8(11)14-10(15-9)18-2/h6H,3-5H2,1-2H3,(H,16,17)(H,12,13,14,15). The largest absolute Gasteiger partial charge is 0.481 e. The molecular formula is C10H15ClN4O3. The number of methoxy groups -OCH3 is 1. The second-order valence-electron chi connectivity index (χ2n) is 3.83. The summed E-state index contributed by atoms with van der Waals surface area (Å²) >= 11 is 5.69. The number of nitrogens with zero attached hydrogens (tertiary/aromatic N) is 3. The topological polar surface area (TPSA) is 97.2 Å². The van der Waals surface area contributed by atoms with Crippen molar-refractivity contribution < 1.29 is 14.6 Å². The highest BCUT2D eigenvalue weighted by Gasteiger charge is 2.08.